The molecule has 2 N–H and O–H groups in total. The van der Waals surface area contributed by atoms with Gasteiger partial charge in [0.2, 0.25) is 0 Å². The molecule has 11 heteroatoms. The lowest BCUT2D eigenvalue weighted by molar-refractivity contribution is 0.143. The number of thiocarbonyl (C=S) groups is 1. The second-order valence-corrected chi connectivity index (χ2v) is 6.01. The van der Waals surface area contributed by atoms with Crippen LogP contribution in [0.3, 0.4) is 0 Å². The number of hydrogen-bond acceptors (Lipinski definition) is 5. The van der Waals surface area contributed by atoms with E-state index in [0.29, 0.717) is 5.11 Å². The highest BCUT2D eigenvalue weighted by Crippen LogP contribution is 2.32. The van der Waals surface area contributed by atoms with Gasteiger partial charge in [-0.1, -0.05) is 0 Å². The third-order valence-electron chi connectivity index (χ3n) is 3.94. The summed E-state index contributed by atoms with van der Waals surface area (Å²) in [6.45, 7) is 0.463. The lowest BCUT2D eigenvalue weighted by Gasteiger charge is -2.18. The summed E-state index contributed by atoms with van der Waals surface area (Å²) in [6, 6.07) is 1.97. The SMILES string of the molecule is CNC(=S)NCC1CN(c2cc(F)c(N3CCOC3=O)c(F)c2)C(=O)O1. The van der Waals surface area contributed by atoms with Crippen molar-refractivity contribution in [3.8, 4) is 0 Å². The molecule has 2 aliphatic rings. The lowest BCUT2D eigenvalue weighted by atomic mass is 10.2. The monoisotopic (exact) mass is 386 g/mol. The number of carbonyl (C=O) groups is 2. The first-order valence-corrected chi connectivity index (χ1v) is 8.18. The van der Waals surface area contributed by atoms with E-state index in [1.807, 2.05) is 0 Å². The number of benzene rings is 1. The first-order valence-electron chi connectivity index (χ1n) is 7.77. The molecule has 0 aromatic heterocycles. The number of halogens is 2. The number of anilines is 2. The molecule has 0 aliphatic carbocycles. The molecule has 0 saturated carbocycles. The van der Waals surface area contributed by atoms with Crippen LogP contribution in [0, 0.1) is 11.6 Å². The first kappa shape index (κ1) is 18.1. The highest BCUT2D eigenvalue weighted by molar-refractivity contribution is 7.80. The van der Waals surface area contributed by atoms with Gasteiger partial charge < -0.3 is 20.1 Å². The van der Waals surface area contributed by atoms with Crippen LogP contribution in [0.15, 0.2) is 12.1 Å². The van der Waals surface area contributed by atoms with E-state index in [0.717, 1.165) is 21.9 Å². The summed E-state index contributed by atoms with van der Waals surface area (Å²) in [5.74, 6) is -1.94. The molecule has 2 heterocycles. The van der Waals surface area contributed by atoms with Crippen molar-refractivity contribution in [1.29, 1.82) is 0 Å². The molecule has 2 saturated heterocycles. The Bertz CT molecular complexity index is 740. The van der Waals surface area contributed by atoms with Gasteiger partial charge in [-0.25, -0.2) is 18.4 Å². The third-order valence-corrected chi connectivity index (χ3v) is 4.28. The van der Waals surface area contributed by atoms with E-state index in [-0.39, 0.29) is 31.9 Å². The Labute approximate surface area is 153 Å². The smallest absolute Gasteiger partial charge is 0.414 e. The van der Waals surface area contributed by atoms with Crippen molar-refractivity contribution in [1.82, 2.24) is 10.6 Å². The summed E-state index contributed by atoms with van der Waals surface area (Å²) in [5.41, 5.74) is -0.499. The van der Waals surface area contributed by atoms with E-state index in [9.17, 15) is 18.4 Å². The van der Waals surface area contributed by atoms with E-state index >= 15 is 0 Å². The van der Waals surface area contributed by atoms with Gasteiger partial charge in [0.1, 0.15) is 18.4 Å². The van der Waals surface area contributed by atoms with E-state index < -0.39 is 35.6 Å². The molecule has 2 aliphatic heterocycles. The molecule has 1 aromatic rings. The van der Waals surface area contributed by atoms with Crippen LogP contribution in [0.4, 0.5) is 29.7 Å². The summed E-state index contributed by atoms with van der Waals surface area (Å²) in [5, 5.41) is 5.96. The predicted molar refractivity (Wildman–Crippen MR) is 92.3 cm³/mol. The largest absolute Gasteiger partial charge is 0.447 e. The van der Waals surface area contributed by atoms with E-state index in [4.69, 9.17) is 21.7 Å². The molecule has 0 spiro atoms. The van der Waals surface area contributed by atoms with Crippen LogP contribution in [0.1, 0.15) is 0 Å². The van der Waals surface area contributed by atoms with Crippen molar-refractivity contribution in [2.75, 3.05) is 43.1 Å². The molecule has 26 heavy (non-hydrogen) atoms. The number of ether oxygens (including phenoxy) is 2. The van der Waals surface area contributed by atoms with Crippen molar-refractivity contribution in [3.63, 3.8) is 0 Å². The maximum absolute atomic E-state index is 14.4. The molecular formula is C15H16F2N4O4S. The van der Waals surface area contributed by atoms with Crippen LogP contribution in [0.5, 0.6) is 0 Å². The second kappa shape index (κ2) is 7.28. The minimum atomic E-state index is -0.968. The Morgan fingerprint density at radius 2 is 1.96 bits per heavy atom. The van der Waals surface area contributed by atoms with E-state index in [1.54, 1.807) is 7.05 Å². The quantitative estimate of drug-likeness (QED) is 0.756. The fourth-order valence-corrected chi connectivity index (χ4v) is 2.78. The third kappa shape index (κ3) is 3.47. The van der Waals surface area contributed by atoms with Crippen molar-refractivity contribution >= 4 is 40.9 Å². The van der Waals surface area contributed by atoms with Crippen LogP contribution in [-0.4, -0.2) is 56.7 Å². The highest BCUT2D eigenvalue weighted by Gasteiger charge is 2.35. The molecule has 8 nitrogen and oxygen atoms in total. The van der Waals surface area contributed by atoms with Crippen molar-refractivity contribution in [2.24, 2.45) is 0 Å². The van der Waals surface area contributed by atoms with Gasteiger partial charge in [-0.2, -0.15) is 0 Å². The van der Waals surface area contributed by atoms with Gasteiger partial charge in [-0.3, -0.25) is 9.80 Å². The summed E-state index contributed by atoms with van der Waals surface area (Å²) in [7, 11) is 1.64. The van der Waals surface area contributed by atoms with E-state index in [1.165, 1.54) is 0 Å². The zero-order chi connectivity index (χ0) is 18.8. The average Bonchev–Trinajstić information content (AvgIpc) is 3.18. The molecule has 0 radical (unpaired) electrons. The molecular weight excluding hydrogens is 370 g/mol. The summed E-state index contributed by atoms with van der Waals surface area (Å²) >= 11 is 4.93. The molecule has 2 fully saturated rings. The molecule has 1 atom stereocenters. The number of amides is 2. The zero-order valence-corrected chi connectivity index (χ0v) is 14.6. The van der Waals surface area contributed by atoms with Crippen LogP contribution in [0.2, 0.25) is 0 Å². The fraction of sp³-hybridized carbons (Fsp3) is 0.400. The maximum atomic E-state index is 14.4. The number of rotatable bonds is 4. The molecule has 0 bridgehead atoms. The second-order valence-electron chi connectivity index (χ2n) is 5.60. The lowest BCUT2D eigenvalue weighted by Crippen LogP contribution is -2.39. The van der Waals surface area contributed by atoms with Crippen LogP contribution < -0.4 is 20.4 Å². The van der Waals surface area contributed by atoms with Gasteiger partial charge in [-0.15, -0.1) is 0 Å². The van der Waals surface area contributed by atoms with Gasteiger partial charge in [0.05, 0.1) is 25.3 Å². The predicted octanol–water partition coefficient (Wildman–Crippen LogP) is 1.34. The molecule has 1 unspecified atom stereocenters. The minimum absolute atomic E-state index is 0.00000680. The molecule has 3 rings (SSSR count). The van der Waals surface area contributed by atoms with Crippen molar-refractivity contribution < 1.29 is 27.8 Å². The average molecular weight is 386 g/mol. The Morgan fingerprint density at radius 3 is 2.54 bits per heavy atom. The Hall–Kier alpha value is -2.69. The number of carbonyl (C=O) groups excluding carboxylic acids is 2. The van der Waals surface area contributed by atoms with Crippen molar-refractivity contribution in [2.45, 2.75) is 6.10 Å². The van der Waals surface area contributed by atoms with Gasteiger partial charge in [0.15, 0.2) is 16.7 Å². The van der Waals surface area contributed by atoms with Gasteiger partial charge in [-0.05, 0) is 12.2 Å². The van der Waals surface area contributed by atoms with Gasteiger partial charge in [0.25, 0.3) is 0 Å². The maximum Gasteiger partial charge on any atom is 0.414 e. The summed E-state index contributed by atoms with van der Waals surface area (Å²) in [6.07, 6.45) is -2.07. The Kier molecular flexibility index (Phi) is 5.07. The minimum Gasteiger partial charge on any atom is -0.447 e. The first-order chi connectivity index (χ1) is 12.4. The summed E-state index contributed by atoms with van der Waals surface area (Å²) < 4.78 is 38.7. The normalized spacial score (nSPS) is 19.4. The topological polar surface area (TPSA) is 83.1 Å². The van der Waals surface area contributed by atoms with Gasteiger partial charge >= 0.3 is 12.2 Å². The van der Waals surface area contributed by atoms with Crippen LogP contribution in [0.25, 0.3) is 0 Å². The Balaban J connectivity index is 1.76. The van der Waals surface area contributed by atoms with E-state index in [2.05, 4.69) is 10.6 Å². The number of cyclic esters (lactones) is 2. The van der Waals surface area contributed by atoms with Gasteiger partial charge in [0, 0.05) is 19.2 Å². The zero-order valence-electron chi connectivity index (χ0n) is 13.8. The standard InChI is InChI=1S/C15H16F2N4O4S/c1-18-13(26)19-6-9-7-21(15(23)25-9)8-4-10(16)12(11(17)5-8)20-2-3-24-14(20)22/h4-5,9H,2-3,6-7H2,1H3,(H2,18,19,26). The molecule has 2 amide bonds. The Morgan fingerprint density at radius 1 is 1.27 bits per heavy atom. The van der Waals surface area contributed by atoms with Crippen LogP contribution >= 0.6 is 12.2 Å². The number of nitrogens with zero attached hydrogens (tertiary/aromatic N) is 2. The van der Waals surface area contributed by atoms with Crippen LogP contribution in [-0.2, 0) is 9.47 Å². The highest BCUT2D eigenvalue weighted by atomic mass is 32.1. The molecule has 140 valence electrons. The summed E-state index contributed by atoms with van der Waals surface area (Å²) in [4.78, 5) is 25.5. The number of nitrogens with one attached hydrogen (secondary N) is 2. The molecule has 1 aromatic carbocycles. The number of hydrogen-bond donors (Lipinski definition) is 2. The van der Waals surface area contributed by atoms with Crippen molar-refractivity contribution in [3.05, 3.63) is 23.8 Å². The fourth-order valence-electron chi connectivity index (χ4n) is 2.70.